The summed E-state index contributed by atoms with van der Waals surface area (Å²) in [6, 6.07) is 23.5. The van der Waals surface area contributed by atoms with Gasteiger partial charge in [-0.15, -0.1) is 6.58 Å². The van der Waals surface area contributed by atoms with E-state index in [2.05, 4.69) is 106 Å². The van der Waals surface area contributed by atoms with Crippen molar-refractivity contribution in [1.29, 1.82) is 0 Å². The van der Waals surface area contributed by atoms with Crippen LogP contribution in [0.4, 0.5) is 0 Å². The van der Waals surface area contributed by atoms with E-state index < -0.39 is 0 Å². The number of allylic oxidation sites excluding steroid dienone is 6. The minimum absolute atomic E-state index is 0.795. The molecule has 0 atom stereocenters. The molecule has 3 rings (SSSR count). The van der Waals surface area contributed by atoms with E-state index in [1.54, 1.807) is 0 Å². The number of rotatable bonds is 8. The Labute approximate surface area is 180 Å². The van der Waals surface area contributed by atoms with Crippen molar-refractivity contribution in [3.05, 3.63) is 134 Å². The molecule has 0 heteroatoms. The molecule has 148 valence electrons. The summed E-state index contributed by atoms with van der Waals surface area (Å²) in [7, 11) is 0. The molecule has 30 heavy (non-hydrogen) atoms. The molecule has 3 aromatic carbocycles. The standard InChI is InChI=1S/C30H28/c1-5-15-23(8-4)28-26(16-6-2)22-27(17-7-3)29(24-18-11-9-12-19-24)30(28)25-20-13-10-14-21-25/h5-16,18-22H,1,3-4,17H2,2H3/b16-6+,23-15+. The van der Waals surface area contributed by atoms with E-state index in [1.165, 1.54) is 38.9 Å². The Morgan fingerprint density at radius 1 is 0.833 bits per heavy atom. The molecule has 0 fully saturated rings. The molecule has 0 radical (unpaired) electrons. The maximum absolute atomic E-state index is 4.10. The third-order valence-electron chi connectivity index (χ3n) is 5.08. The van der Waals surface area contributed by atoms with Gasteiger partial charge in [-0.1, -0.05) is 116 Å². The average Bonchev–Trinajstić information content (AvgIpc) is 2.79. The molecule has 0 N–H and O–H groups in total. The second-order valence-electron chi connectivity index (χ2n) is 7.04. The molecule has 0 heterocycles. The predicted molar refractivity (Wildman–Crippen MR) is 134 cm³/mol. The highest BCUT2D eigenvalue weighted by Crippen LogP contribution is 2.43. The van der Waals surface area contributed by atoms with E-state index in [9.17, 15) is 0 Å². The molecule has 0 aliphatic heterocycles. The number of benzene rings is 3. The van der Waals surface area contributed by atoms with Crippen LogP contribution in [0.2, 0.25) is 0 Å². The third-order valence-corrected chi connectivity index (χ3v) is 5.08. The summed E-state index contributed by atoms with van der Waals surface area (Å²) in [4.78, 5) is 0. The van der Waals surface area contributed by atoms with Crippen LogP contribution in [0.1, 0.15) is 23.6 Å². The van der Waals surface area contributed by atoms with Gasteiger partial charge in [0.15, 0.2) is 0 Å². The first-order valence-electron chi connectivity index (χ1n) is 10.2. The van der Waals surface area contributed by atoms with E-state index in [-0.39, 0.29) is 0 Å². The number of hydrogen-bond acceptors (Lipinski definition) is 0. The Balaban J connectivity index is 2.58. The van der Waals surface area contributed by atoms with Crippen LogP contribution < -0.4 is 0 Å². The van der Waals surface area contributed by atoms with Gasteiger partial charge in [-0.25, -0.2) is 0 Å². The van der Waals surface area contributed by atoms with Crippen LogP contribution in [-0.2, 0) is 6.42 Å². The molecule has 0 amide bonds. The Bertz CT molecular complexity index is 1090. The maximum atomic E-state index is 4.10. The van der Waals surface area contributed by atoms with Gasteiger partial charge in [-0.3, -0.25) is 0 Å². The monoisotopic (exact) mass is 388 g/mol. The first-order valence-corrected chi connectivity index (χ1v) is 10.2. The lowest BCUT2D eigenvalue weighted by atomic mass is 9.81. The molecule has 0 nitrogen and oxygen atoms in total. The first kappa shape index (κ1) is 21.1. The minimum Gasteiger partial charge on any atom is -0.103 e. The smallest absolute Gasteiger partial charge is 0.00179 e. The molecule has 0 aromatic heterocycles. The SMILES string of the molecule is C=C/C=C(\C=C)c1c(/C=C/C)cc(CC=C)c(-c2ccccc2)c1-c1ccccc1. The number of hydrogen-bond donors (Lipinski definition) is 0. The first-order chi connectivity index (χ1) is 14.7. The normalized spacial score (nSPS) is 11.4. The summed E-state index contributed by atoms with van der Waals surface area (Å²) in [6.07, 6.45) is 12.8. The lowest BCUT2D eigenvalue weighted by Crippen LogP contribution is -2.01. The fourth-order valence-electron chi connectivity index (χ4n) is 3.91. The Morgan fingerprint density at radius 2 is 1.43 bits per heavy atom. The van der Waals surface area contributed by atoms with Gasteiger partial charge >= 0.3 is 0 Å². The lowest BCUT2D eigenvalue weighted by molar-refractivity contribution is 1.27. The summed E-state index contributed by atoms with van der Waals surface area (Å²) >= 11 is 0. The second-order valence-corrected chi connectivity index (χ2v) is 7.04. The quantitative estimate of drug-likeness (QED) is 0.268. The van der Waals surface area contributed by atoms with Crippen molar-refractivity contribution in [2.24, 2.45) is 0 Å². The molecular formula is C30H28. The van der Waals surface area contributed by atoms with Crippen molar-refractivity contribution in [3.63, 3.8) is 0 Å². The van der Waals surface area contributed by atoms with E-state index in [0.717, 1.165) is 12.0 Å². The molecular weight excluding hydrogens is 360 g/mol. The highest BCUT2D eigenvalue weighted by atomic mass is 14.2. The van der Waals surface area contributed by atoms with Crippen molar-refractivity contribution < 1.29 is 0 Å². The van der Waals surface area contributed by atoms with Gasteiger partial charge in [0, 0.05) is 0 Å². The molecule has 0 aliphatic carbocycles. The largest absolute Gasteiger partial charge is 0.103 e. The van der Waals surface area contributed by atoms with Crippen molar-refractivity contribution >= 4 is 11.6 Å². The molecule has 3 aromatic rings. The summed E-state index contributed by atoms with van der Waals surface area (Å²) in [5.41, 5.74) is 9.47. The summed E-state index contributed by atoms with van der Waals surface area (Å²) in [5.74, 6) is 0. The molecule has 0 aliphatic rings. The summed E-state index contributed by atoms with van der Waals surface area (Å²) in [5, 5.41) is 0. The maximum Gasteiger partial charge on any atom is -0.00179 e. The van der Waals surface area contributed by atoms with Crippen LogP contribution in [0.3, 0.4) is 0 Å². The Hall–Kier alpha value is -3.64. The lowest BCUT2D eigenvalue weighted by Gasteiger charge is -2.23. The fraction of sp³-hybridized carbons (Fsp3) is 0.0667. The zero-order valence-electron chi connectivity index (χ0n) is 17.6. The van der Waals surface area contributed by atoms with E-state index in [1.807, 2.05) is 24.3 Å². The third kappa shape index (κ3) is 4.34. The van der Waals surface area contributed by atoms with Crippen LogP contribution in [-0.4, -0.2) is 0 Å². The second kappa shape index (κ2) is 10.2. The van der Waals surface area contributed by atoms with Crippen LogP contribution in [0, 0.1) is 0 Å². The molecule has 0 unspecified atom stereocenters. The van der Waals surface area contributed by atoms with E-state index >= 15 is 0 Å². The van der Waals surface area contributed by atoms with E-state index in [4.69, 9.17) is 0 Å². The topological polar surface area (TPSA) is 0 Å². The van der Waals surface area contributed by atoms with Gasteiger partial charge in [-0.05, 0) is 57.9 Å². The minimum atomic E-state index is 0.795. The highest BCUT2D eigenvalue weighted by Gasteiger charge is 2.20. The van der Waals surface area contributed by atoms with Crippen molar-refractivity contribution in [2.45, 2.75) is 13.3 Å². The molecule has 0 spiro atoms. The van der Waals surface area contributed by atoms with Crippen molar-refractivity contribution in [1.82, 2.24) is 0 Å². The zero-order chi connectivity index (χ0) is 21.3. The molecule has 0 saturated heterocycles. The Kier molecular flexibility index (Phi) is 7.19. The van der Waals surface area contributed by atoms with Crippen LogP contribution in [0.25, 0.3) is 33.9 Å². The van der Waals surface area contributed by atoms with Gasteiger partial charge in [0.1, 0.15) is 0 Å². The van der Waals surface area contributed by atoms with Crippen LogP contribution in [0.15, 0.2) is 117 Å². The van der Waals surface area contributed by atoms with Crippen molar-refractivity contribution in [3.8, 4) is 22.3 Å². The van der Waals surface area contributed by atoms with Crippen LogP contribution in [0.5, 0.6) is 0 Å². The van der Waals surface area contributed by atoms with Crippen LogP contribution >= 0.6 is 0 Å². The summed E-state index contributed by atoms with van der Waals surface area (Å²) < 4.78 is 0. The highest BCUT2D eigenvalue weighted by molar-refractivity contribution is 5.99. The Morgan fingerprint density at radius 3 is 1.93 bits per heavy atom. The van der Waals surface area contributed by atoms with E-state index in [0.29, 0.717) is 0 Å². The van der Waals surface area contributed by atoms with Gasteiger partial charge < -0.3 is 0 Å². The zero-order valence-corrected chi connectivity index (χ0v) is 17.6. The molecule has 0 saturated carbocycles. The average molecular weight is 389 g/mol. The van der Waals surface area contributed by atoms with Gasteiger partial charge in [-0.2, -0.15) is 0 Å². The summed E-state index contributed by atoms with van der Waals surface area (Å²) in [6.45, 7) is 14.1. The van der Waals surface area contributed by atoms with Gasteiger partial charge in [0.25, 0.3) is 0 Å². The molecule has 0 bridgehead atoms. The predicted octanol–water partition coefficient (Wildman–Crippen LogP) is 8.54. The van der Waals surface area contributed by atoms with Gasteiger partial charge in [0.2, 0.25) is 0 Å². The van der Waals surface area contributed by atoms with Gasteiger partial charge in [0.05, 0.1) is 0 Å². The van der Waals surface area contributed by atoms with Crippen molar-refractivity contribution in [2.75, 3.05) is 0 Å². The fourth-order valence-corrected chi connectivity index (χ4v) is 3.91.